The molecule has 18 heavy (non-hydrogen) atoms. The summed E-state index contributed by atoms with van der Waals surface area (Å²) in [5.74, 6) is -0.545. The largest absolute Gasteiger partial charge is 0.413 e. The molecule has 0 aliphatic heterocycles. The number of nitrogens with one attached hydrogen (secondary N) is 1. The average molecular weight is 282 g/mol. The molecule has 7 heteroatoms. The van der Waals surface area contributed by atoms with E-state index in [0.717, 1.165) is 16.2 Å². The SMILES string of the molecule is CC(=O)Nc1ncc(OC(=O)Cc2cccs2)s1. The van der Waals surface area contributed by atoms with E-state index in [0.29, 0.717) is 10.2 Å². The second-order valence-electron chi connectivity index (χ2n) is 3.40. The fourth-order valence-electron chi connectivity index (χ4n) is 1.22. The maximum absolute atomic E-state index is 11.6. The lowest BCUT2D eigenvalue weighted by Gasteiger charge is -1.98. The van der Waals surface area contributed by atoms with E-state index in [1.165, 1.54) is 24.5 Å². The summed E-state index contributed by atoms with van der Waals surface area (Å²) in [5.41, 5.74) is 0. The van der Waals surface area contributed by atoms with Crippen LogP contribution < -0.4 is 10.1 Å². The number of rotatable bonds is 4. The van der Waals surface area contributed by atoms with Crippen molar-refractivity contribution >= 4 is 39.7 Å². The Morgan fingerprint density at radius 1 is 1.50 bits per heavy atom. The lowest BCUT2D eigenvalue weighted by molar-refractivity contribution is -0.133. The van der Waals surface area contributed by atoms with Crippen LogP contribution in [0.5, 0.6) is 5.06 Å². The van der Waals surface area contributed by atoms with Gasteiger partial charge in [-0.15, -0.1) is 11.3 Å². The minimum absolute atomic E-state index is 0.208. The predicted molar refractivity (Wildman–Crippen MR) is 70.1 cm³/mol. The van der Waals surface area contributed by atoms with Crippen molar-refractivity contribution in [1.29, 1.82) is 0 Å². The summed E-state index contributed by atoms with van der Waals surface area (Å²) in [7, 11) is 0. The number of thiazole rings is 1. The highest BCUT2D eigenvalue weighted by atomic mass is 32.1. The number of ether oxygens (including phenoxy) is 1. The quantitative estimate of drug-likeness (QED) is 0.874. The molecule has 0 aliphatic rings. The van der Waals surface area contributed by atoms with E-state index < -0.39 is 0 Å². The van der Waals surface area contributed by atoms with Crippen LogP contribution >= 0.6 is 22.7 Å². The smallest absolute Gasteiger partial charge is 0.317 e. The molecular weight excluding hydrogens is 272 g/mol. The fraction of sp³-hybridized carbons (Fsp3) is 0.182. The maximum Gasteiger partial charge on any atom is 0.317 e. The summed E-state index contributed by atoms with van der Waals surface area (Å²) in [6, 6.07) is 3.76. The van der Waals surface area contributed by atoms with Crippen molar-refractivity contribution in [2.45, 2.75) is 13.3 Å². The molecule has 2 aromatic heterocycles. The second kappa shape index (κ2) is 5.74. The van der Waals surface area contributed by atoms with Gasteiger partial charge in [-0.05, 0) is 11.4 Å². The Kier molecular flexibility index (Phi) is 4.06. The zero-order chi connectivity index (χ0) is 13.0. The Balaban J connectivity index is 1.91. The third-order valence-corrected chi connectivity index (χ3v) is 3.55. The molecule has 2 rings (SSSR count). The molecule has 0 saturated carbocycles. The molecule has 0 bridgehead atoms. The minimum atomic E-state index is -0.338. The van der Waals surface area contributed by atoms with Crippen LogP contribution in [-0.2, 0) is 16.0 Å². The highest BCUT2D eigenvalue weighted by Crippen LogP contribution is 2.26. The van der Waals surface area contributed by atoms with Crippen molar-refractivity contribution in [3.8, 4) is 5.06 Å². The first kappa shape index (κ1) is 12.7. The van der Waals surface area contributed by atoms with Crippen LogP contribution in [0, 0.1) is 0 Å². The molecule has 94 valence electrons. The van der Waals surface area contributed by atoms with E-state index in [4.69, 9.17) is 4.74 Å². The summed E-state index contributed by atoms with van der Waals surface area (Å²) in [6.45, 7) is 1.39. The third-order valence-electron chi connectivity index (χ3n) is 1.88. The maximum atomic E-state index is 11.6. The van der Waals surface area contributed by atoms with Gasteiger partial charge in [-0.3, -0.25) is 9.59 Å². The van der Waals surface area contributed by atoms with Gasteiger partial charge >= 0.3 is 5.97 Å². The Bertz CT molecular complexity index is 548. The topological polar surface area (TPSA) is 68.3 Å². The molecule has 1 N–H and O–H groups in total. The number of nitrogens with zero attached hydrogens (tertiary/aromatic N) is 1. The van der Waals surface area contributed by atoms with Crippen molar-refractivity contribution in [3.63, 3.8) is 0 Å². The van der Waals surface area contributed by atoms with Gasteiger partial charge in [-0.1, -0.05) is 17.4 Å². The fourth-order valence-corrected chi connectivity index (χ4v) is 2.64. The Hall–Kier alpha value is -1.73. The van der Waals surface area contributed by atoms with Gasteiger partial charge in [-0.25, -0.2) is 4.98 Å². The highest BCUT2D eigenvalue weighted by molar-refractivity contribution is 7.17. The van der Waals surface area contributed by atoms with Crippen LogP contribution in [0.1, 0.15) is 11.8 Å². The number of amides is 1. The summed E-state index contributed by atoms with van der Waals surface area (Å²) in [4.78, 5) is 27.3. The van der Waals surface area contributed by atoms with Crippen LogP contribution in [0.2, 0.25) is 0 Å². The zero-order valence-corrected chi connectivity index (χ0v) is 11.1. The van der Waals surface area contributed by atoms with Gasteiger partial charge in [0.25, 0.3) is 0 Å². The molecule has 0 atom stereocenters. The summed E-state index contributed by atoms with van der Waals surface area (Å²) < 4.78 is 5.12. The third kappa shape index (κ3) is 3.64. The van der Waals surface area contributed by atoms with E-state index in [2.05, 4.69) is 10.3 Å². The molecular formula is C11H10N2O3S2. The first-order chi connectivity index (χ1) is 8.63. The summed E-state index contributed by atoms with van der Waals surface area (Å²) >= 11 is 2.62. The summed E-state index contributed by atoms with van der Waals surface area (Å²) in [5, 5.41) is 5.22. The number of anilines is 1. The van der Waals surface area contributed by atoms with E-state index >= 15 is 0 Å². The van der Waals surface area contributed by atoms with Crippen molar-refractivity contribution in [3.05, 3.63) is 28.6 Å². The van der Waals surface area contributed by atoms with Crippen LogP contribution in [-0.4, -0.2) is 16.9 Å². The molecule has 2 heterocycles. The van der Waals surface area contributed by atoms with Crippen molar-refractivity contribution in [2.75, 3.05) is 5.32 Å². The number of hydrogen-bond acceptors (Lipinski definition) is 6. The van der Waals surface area contributed by atoms with E-state index in [-0.39, 0.29) is 18.3 Å². The number of carbonyl (C=O) groups is 2. The first-order valence-electron chi connectivity index (χ1n) is 5.10. The minimum Gasteiger partial charge on any atom is -0.413 e. The Morgan fingerprint density at radius 3 is 3.00 bits per heavy atom. The molecule has 5 nitrogen and oxygen atoms in total. The van der Waals surface area contributed by atoms with Crippen LogP contribution in [0.3, 0.4) is 0 Å². The predicted octanol–water partition coefficient (Wildman–Crippen LogP) is 2.31. The summed E-state index contributed by atoms with van der Waals surface area (Å²) in [6.07, 6.45) is 1.66. The molecule has 0 saturated heterocycles. The Labute approximate surface area is 111 Å². The number of thiophene rings is 1. The molecule has 0 spiro atoms. The lowest BCUT2D eigenvalue weighted by atomic mass is 10.3. The molecule has 0 aromatic carbocycles. The van der Waals surface area contributed by atoms with Gasteiger partial charge in [0.15, 0.2) is 5.13 Å². The van der Waals surface area contributed by atoms with Crippen molar-refractivity contribution in [2.24, 2.45) is 0 Å². The van der Waals surface area contributed by atoms with Gasteiger partial charge in [0.05, 0.1) is 12.6 Å². The van der Waals surface area contributed by atoms with Gasteiger partial charge in [0.1, 0.15) is 0 Å². The van der Waals surface area contributed by atoms with Crippen LogP contribution in [0.15, 0.2) is 23.7 Å². The first-order valence-corrected chi connectivity index (χ1v) is 6.79. The molecule has 0 radical (unpaired) electrons. The van der Waals surface area contributed by atoms with Crippen LogP contribution in [0.4, 0.5) is 5.13 Å². The highest BCUT2D eigenvalue weighted by Gasteiger charge is 2.10. The normalized spacial score (nSPS) is 10.1. The molecule has 2 aromatic rings. The Morgan fingerprint density at radius 2 is 2.33 bits per heavy atom. The van der Waals surface area contributed by atoms with Gasteiger partial charge in [0, 0.05) is 11.8 Å². The molecule has 0 fully saturated rings. The molecule has 0 unspecified atom stereocenters. The van der Waals surface area contributed by atoms with Crippen molar-refractivity contribution < 1.29 is 14.3 Å². The van der Waals surface area contributed by atoms with Gasteiger partial charge in [0.2, 0.25) is 11.0 Å². The standard InChI is InChI=1S/C11H10N2O3S2/c1-7(14)13-11-12-6-10(18-11)16-9(15)5-8-3-2-4-17-8/h2-4,6H,5H2,1H3,(H,12,13,14). The number of esters is 1. The average Bonchev–Trinajstić information content (AvgIpc) is 2.89. The van der Waals surface area contributed by atoms with E-state index in [1.807, 2.05) is 17.5 Å². The monoisotopic (exact) mass is 282 g/mol. The number of hydrogen-bond donors (Lipinski definition) is 1. The molecule has 1 amide bonds. The van der Waals surface area contributed by atoms with Crippen molar-refractivity contribution in [1.82, 2.24) is 4.98 Å². The molecule has 0 aliphatic carbocycles. The van der Waals surface area contributed by atoms with Crippen LogP contribution in [0.25, 0.3) is 0 Å². The number of aromatic nitrogens is 1. The zero-order valence-electron chi connectivity index (χ0n) is 9.50. The second-order valence-corrected chi connectivity index (χ2v) is 5.42. The van der Waals surface area contributed by atoms with Gasteiger partial charge in [-0.2, -0.15) is 0 Å². The number of carbonyl (C=O) groups excluding carboxylic acids is 2. The van der Waals surface area contributed by atoms with Gasteiger partial charge < -0.3 is 10.1 Å². The van der Waals surface area contributed by atoms with E-state index in [1.54, 1.807) is 0 Å². The van der Waals surface area contributed by atoms with E-state index in [9.17, 15) is 9.59 Å². The lowest BCUT2D eigenvalue weighted by Crippen LogP contribution is -2.09.